The normalized spacial score (nSPS) is 11.2. The molecule has 0 aliphatic carbocycles. The van der Waals surface area contributed by atoms with E-state index in [1.807, 2.05) is 32.9 Å². The molecular formula is C20H32N2O3. The fraction of sp³-hybridized carbons (Fsp3) is 0.600. The third kappa shape index (κ3) is 11.2. The van der Waals surface area contributed by atoms with Crippen molar-refractivity contribution in [1.29, 1.82) is 0 Å². The van der Waals surface area contributed by atoms with Gasteiger partial charge in [-0.05, 0) is 48.8 Å². The predicted octanol–water partition coefficient (Wildman–Crippen LogP) is 3.16. The van der Waals surface area contributed by atoms with Crippen LogP contribution < -0.4 is 10.6 Å². The van der Waals surface area contributed by atoms with Gasteiger partial charge in [-0.15, -0.1) is 0 Å². The molecule has 0 fully saturated rings. The number of amides is 2. The summed E-state index contributed by atoms with van der Waals surface area (Å²) >= 11 is 0. The molecule has 0 aromatic heterocycles. The summed E-state index contributed by atoms with van der Waals surface area (Å²) in [5, 5.41) is 15.0. The van der Waals surface area contributed by atoms with Gasteiger partial charge in [-0.2, -0.15) is 0 Å². The minimum absolute atomic E-state index is 0.0121. The van der Waals surface area contributed by atoms with Crippen molar-refractivity contribution in [2.24, 2.45) is 5.41 Å². The first kappa shape index (κ1) is 21.0. The largest absolute Gasteiger partial charge is 0.508 e. The summed E-state index contributed by atoms with van der Waals surface area (Å²) in [5.74, 6) is 0.414. The molecule has 5 nitrogen and oxygen atoms in total. The van der Waals surface area contributed by atoms with E-state index in [-0.39, 0.29) is 23.0 Å². The third-order valence-electron chi connectivity index (χ3n) is 3.74. The molecule has 0 saturated carbocycles. The number of unbranched alkanes of at least 4 members (excludes halogenated alkanes) is 1. The standard InChI is InChI=1S/C20H32N2O3/c1-20(2,3)15-19(25)22-14-5-4-13-21-18(24)8-6-7-16-9-11-17(23)12-10-16/h9-12,23H,4-8,13-15H2,1-3H3,(H,21,24)(H,22,25). The second-order valence-electron chi connectivity index (χ2n) is 7.66. The fourth-order valence-corrected chi connectivity index (χ4v) is 2.45. The van der Waals surface area contributed by atoms with Gasteiger partial charge >= 0.3 is 0 Å². The van der Waals surface area contributed by atoms with Crippen LogP contribution in [-0.4, -0.2) is 30.0 Å². The zero-order valence-corrected chi connectivity index (χ0v) is 15.7. The lowest BCUT2D eigenvalue weighted by molar-refractivity contribution is -0.123. The zero-order valence-electron chi connectivity index (χ0n) is 15.7. The molecule has 1 rings (SSSR count). The minimum atomic E-state index is 0.0121. The molecule has 0 bridgehead atoms. The molecule has 3 N–H and O–H groups in total. The van der Waals surface area contributed by atoms with Crippen LogP contribution in [-0.2, 0) is 16.0 Å². The molecule has 140 valence electrons. The Morgan fingerprint density at radius 1 is 0.920 bits per heavy atom. The highest BCUT2D eigenvalue weighted by Gasteiger charge is 2.15. The van der Waals surface area contributed by atoms with Crippen molar-refractivity contribution < 1.29 is 14.7 Å². The number of phenols is 1. The maximum Gasteiger partial charge on any atom is 0.220 e. The summed E-state index contributed by atoms with van der Waals surface area (Å²) in [6.07, 6.45) is 4.38. The number of aromatic hydroxyl groups is 1. The maximum atomic E-state index is 11.8. The van der Waals surface area contributed by atoms with Gasteiger partial charge in [0.1, 0.15) is 5.75 Å². The van der Waals surface area contributed by atoms with Gasteiger partial charge in [0.2, 0.25) is 11.8 Å². The van der Waals surface area contributed by atoms with Gasteiger partial charge in [0.05, 0.1) is 0 Å². The summed E-state index contributed by atoms with van der Waals surface area (Å²) in [6, 6.07) is 7.08. The molecule has 0 radical (unpaired) electrons. The molecular weight excluding hydrogens is 316 g/mol. The van der Waals surface area contributed by atoms with Crippen LogP contribution in [0.5, 0.6) is 5.75 Å². The van der Waals surface area contributed by atoms with Gasteiger partial charge in [0.25, 0.3) is 0 Å². The first-order chi connectivity index (χ1) is 11.8. The van der Waals surface area contributed by atoms with E-state index in [2.05, 4.69) is 10.6 Å². The average Bonchev–Trinajstić information content (AvgIpc) is 2.51. The van der Waals surface area contributed by atoms with Crippen LogP contribution in [0.15, 0.2) is 24.3 Å². The summed E-state index contributed by atoms with van der Waals surface area (Å²) in [6.45, 7) is 7.44. The number of phenolic OH excluding ortho intramolecular Hbond substituents is 1. The van der Waals surface area contributed by atoms with Crippen LogP contribution in [0.3, 0.4) is 0 Å². The monoisotopic (exact) mass is 348 g/mol. The smallest absolute Gasteiger partial charge is 0.220 e. The van der Waals surface area contributed by atoms with Crippen LogP contribution in [0.4, 0.5) is 0 Å². The van der Waals surface area contributed by atoms with Crippen molar-refractivity contribution >= 4 is 11.8 Å². The highest BCUT2D eigenvalue weighted by atomic mass is 16.3. The van der Waals surface area contributed by atoms with E-state index in [4.69, 9.17) is 0 Å². The molecule has 0 aliphatic rings. The quantitative estimate of drug-likeness (QED) is 0.568. The number of benzene rings is 1. The number of hydrogen-bond donors (Lipinski definition) is 3. The Morgan fingerprint density at radius 2 is 1.48 bits per heavy atom. The van der Waals surface area contributed by atoms with Crippen LogP contribution in [0.2, 0.25) is 0 Å². The number of nitrogens with one attached hydrogen (secondary N) is 2. The molecule has 25 heavy (non-hydrogen) atoms. The molecule has 1 aromatic carbocycles. The first-order valence-electron chi connectivity index (χ1n) is 9.07. The zero-order chi connectivity index (χ0) is 18.7. The van der Waals surface area contributed by atoms with Gasteiger partial charge in [-0.25, -0.2) is 0 Å². The number of carbonyl (C=O) groups excluding carboxylic acids is 2. The van der Waals surface area contributed by atoms with Gasteiger partial charge in [-0.1, -0.05) is 32.9 Å². The third-order valence-corrected chi connectivity index (χ3v) is 3.74. The Balaban J connectivity index is 2.00. The van der Waals surface area contributed by atoms with Crippen molar-refractivity contribution in [3.05, 3.63) is 29.8 Å². The van der Waals surface area contributed by atoms with Crippen molar-refractivity contribution in [1.82, 2.24) is 10.6 Å². The van der Waals surface area contributed by atoms with Crippen LogP contribution >= 0.6 is 0 Å². The first-order valence-corrected chi connectivity index (χ1v) is 9.07. The lowest BCUT2D eigenvalue weighted by Crippen LogP contribution is -2.29. The summed E-state index contributed by atoms with van der Waals surface area (Å²) in [7, 11) is 0. The van der Waals surface area contributed by atoms with E-state index in [0.717, 1.165) is 31.2 Å². The Kier molecular flexibility index (Phi) is 9.03. The molecule has 1 aromatic rings. The molecule has 0 aliphatic heterocycles. The highest BCUT2D eigenvalue weighted by Crippen LogP contribution is 2.17. The van der Waals surface area contributed by atoms with E-state index in [0.29, 0.717) is 25.9 Å². The number of aryl methyl sites for hydroxylation is 1. The lowest BCUT2D eigenvalue weighted by atomic mass is 9.92. The molecule has 2 amide bonds. The molecule has 5 heteroatoms. The van der Waals surface area contributed by atoms with Gasteiger partial charge in [0.15, 0.2) is 0 Å². The van der Waals surface area contributed by atoms with E-state index < -0.39 is 0 Å². The van der Waals surface area contributed by atoms with E-state index >= 15 is 0 Å². The molecule has 0 unspecified atom stereocenters. The van der Waals surface area contributed by atoms with Crippen molar-refractivity contribution in [2.45, 2.75) is 59.3 Å². The van der Waals surface area contributed by atoms with Crippen molar-refractivity contribution in [2.75, 3.05) is 13.1 Å². The topological polar surface area (TPSA) is 78.4 Å². The molecule has 0 atom stereocenters. The Labute approximate surface area is 151 Å². The second-order valence-corrected chi connectivity index (χ2v) is 7.66. The SMILES string of the molecule is CC(C)(C)CC(=O)NCCCCNC(=O)CCCc1ccc(O)cc1. The van der Waals surface area contributed by atoms with Crippen molar-refractivity contribution in [3.63, 3.8) is 0 Å². The van der Waals surface area contributed by atoms with Crippen LogP contribution in [0, 0.1) is 5.41 Å². The maximum absolute atomic E-state index is 11.8. The Bertz CT molecular complexity index is 533. The lowest BCUT2D eigenvalue weighted by Gasteiger charge is -2.17. The minimum Gasteiger partial charge on any atom is -0.508 e. The van der Waals surface area contributed by atoms with Gasteiger partial charge in [0, 0.05) is 25.9 Å². The average molecular weight is 348 g/mol. The predicted molar refractivity (Wildman–Crippen MR) is 100 cm³/mol. The molecule has 0 saturated heterocycles. The molecule has 0 spiro atoms. The van der Waals surface area contributed by atoms with Gasteiger partial charge < -0.3 is 15.7 Å². The fourth-order valence-electron chi connectivity index (χ4n) is 2.45. The van der Waals surface area contributed by atoms with Crippen LogP contribution in [0.25, 0.3) is 0 Å². The van der Waals surface area contributed by atoms with Crippen molar-refractivity contribution in [3.8, 4) is 5.75 Å². The second kappa shape index (κ2) is 10.7. The summed E-state index contributed by atoms with van der Waals surface area (Å²) in [4.78, 5) is 23.4. The van der Waals surface area contributed by atoms with E-state index in [1.54, 1.807) is 12.1 Å². The van der Waals surface area contributed by atoms with E-state index in [9.17, 15) is 14.7 Å². The Morgan fingerprint density at radius 3 is 2.04 bits per heavy atom. The number of hydrogen-bond acceptors (Lipinski definition) is 3. The highest BCUT2D eigenvalue weighted by molar-refractivity contribution is 5.76. The van der Waals surface area contributed by atoms with Crippen LogP contribution in [0.1, 0.15) is 58.4 Å². The Hall–Kier alpha value is -2.04. The number of carbonyl (C=O) groups is 2. The number of rotatable bonds is 10. The summed E-state index contributed by atoms with van der Waals surface area (Å²) < 4.78 is 0. The van der Waals surface area contributed by atoms with E-state index in [1.165, 1.54) is 0 Å². The van der Waals surface area contributed by atoms with Gasteiger partial charge in [-0.3, -0.25) is 9.59 Å². The molecule has 0 heterocycles. The summed E-state index contributed by atoms with van der Waals surface area (Å²) in [5.41, 5.74) is 1.13.